The number of hydrogen-bond donors (Lipinski definition) is 0. The fraction of sp³-hybridized carbons (Fsp3) is 0. The molecule has 10 aromatic rings. The number of aromatic nitrogens is 3. The molecular weight excluding hydrogens is 658 g/mol. The summed E-state index contributed by atoms with van der Waals surface area (Å²) in [6.45, 7) is 0. The van der Waals surface area contributed by atoms with Crippen LogP contribution in [0.1, 0.15) is 0 Å². The van der Waals surface area contributed by atoms with Crippen LogP contribution in [-0.4, -0.2) is 15.0 Å². The Morgan fingerprint density at radius 1 is 0.365 bits per heavy atom. The molecule has 0 atom stereocenters. The lowest BCUT2D eigenvalue weighted by Crippen LogP contribution is -2.01. The second-order valence-corrected chi connectivity index (χ2v) is 13.4. The van der Waals surface area contributed by atoms with Crippen molar-refractivity contribution >= 4 is 55.1 Å². The van der Waals surface area contributed by atoms with Gasteiger partial charge in [0.15, 0.2) is 17.5 Å². The molecule has 0 fully saturated rings. The van der Waals surface area contributed by atoms with Gasteiger partial charge in [0.05, 0.1) is 0 Å². The molecule has 0 amide bonds. The lowest BCUT2D eigenvalue weighted by atomic mass is 9.90. The summed E-state index contributed by atoms with van der Waals surface area (Å²) >= 11 is 6.76. The number of hydrogen-bond acceptors (Lipinski definition) is 4. The Morgan fingerprint density at radius 3 is 1.87 bits per heavy atom. The van der Waals surface area contributed by atoms with E-state index >= 15 is 0 Å². The molecule has 0 aliphatic carbocycles. The van der Waals surface area contributed by atoms with Crippen LogP contribution in [0.4, 0.5) is 0 Å². The monoisotopic (exact) mass is 685 g/mol. The molecule has 5 heteroatoms. The van der Waals surface area contributed by atoms with Crippen LogP contribution in [0.5, 0.6) is 0 Å². The number of para-hydroxylation sites is 1. The third-order valence-electron chi connectivity index (χ3n) is 9.77. The molecule has 0 aliphatic rings. The Bertz CT molecular complexity index is 2980. The van der Waals surface area contributed by atoms with Crippen LogP contribution >= 0.6 is 11.6 Å². The first-order valence-corrected chi connectivity index (χ1v) is 17.6. The van der Waals surface area contributed by atoms with Crippen LogP contribution in [0.25, 0.3) is 99.9 Å². The van der Waals surface area contributed by atoms with Crippen LogP contribution < -0.4 is 0 Å². The second kappa shape index (κ2) is 12.3. The van der Waals surface area contributed by atoms with E-state index < -0.39 is 0 Å². The van der Waals surface area contributed by atoms with E-state index in [4.69, 9.17) is 31.0 Å². The number of benzene rings is 8. The maximum atomic E-state index is 6.76. The highest BCUT2D eigenvalue weighted by Crippen LogP contribution is 2.41. The minimum absolute atomic E-state index is 0.519. The van der Waals surface area contributed by atoms with E-state index in [0.29, 0.717) is 28.1 Å². The molecule has 244 valence electrons. The van der Waals surface area contributed by atoms with Crippen molar-refractivity contribution in [2.24, 2.45) is 0 Å². The topological polar surface area (TPSA) is 51.8 Å². The molecule has 0 bridgehead atoms. The van der Waals surface area contributed by atoms with Crippen molar-refractivity contribution in [3.05, 3.63) is 175 Å². The van der Waals surface area contributed by atoms with Gasteiger partial charge in [-0.25, -0.2) is 15.0 Å². The van der Waals surface area contributed by atoms with Gasteiger partial charge in [-0.1, -0.05) is 151 Å². The van der Waals surface area contributed by atoms with E-state index in [1.165, 1.54) is 10.8 Å². The molecule has 0 spiro atoms. The molecule has 8 aromatic carbocycles. The smallest absolute Gasteiger partial charge is 0.164 e. The summed E-state index contributed by atoms with van der Waals surface area (Å²) in [5.74, 6) is 1.66. The Hall–Kier alpha value is -6.62. The summed E-state index contributed by atoms with van der Waals surface area (Å²) in [6.07, 6.45) is 0. The van der Waals surface area contributed by atoms with Crippen LogP contribution in [0, 0.1) is 0 Å². The summed E-state index contributed by atoms with van der Waals surface area (Å²) in [5, 5.41) is 7.06. The fourth-order valence-electron chi connectivity index (χ4n) is 7.32. The van der Waals surface area contributed by atoms with Crippen LogP contribution in [0.2, 0.25) is 5.02 Å². The first-order valence-electron chi connectivity index (χ1n) is 17.2. The number of nitrogens with zero attached hydrogens (tertiary/aromatic N) is 3. The average Bonchev–Trinajstić information content (AvgIpc) is 3.58. The van der Waals surface area contributed by atoms with Crippen molar-refractivity contribution in [1.82, 2.24) is 15.0 Å². The van der Waals surface area contributed by atoms with Gasteiger partial charge in [-0.05, 0) is 68.1 Å². The molecule has 10 rings (SSSR count). The van der Waals surface area contributed by atoms with E-state index in [9.17, 15) is 0 Å². The molecule has 0 saturated carbocycles. The Labute approximate surface area is 304 Å². The first-order chi connectivity index (χ1) is 25.7. The van der Waals surface area contributed by atoms with E-state index in [2.05, 4.69) is 121 Å². The molecule has 0 aliphatic heterocycles. The molecule has 52 heavy (non-hydrogen) atoms. The van der Waals surface area contributed by atoms with Crippen molar-refractivity contribution in [3.8, 4) is 56.4 Å². The number of halogens is 1. The van der Waals surface area contributed by atoms with Gasteiger partial charge in [0.2, 0.25) is 0 Å². The van der Waals surface area contributed by atoms with Crippen molar-refractivity contribution in [3.63, 3.8) is 0 Å². The van der Waals surface area contributed by atoms with Gasteiger partial charge in [-0.15, -0.1) is 0 Å². The van der Waals surface area contributed by atoms with E-state index in [1.807, 2.05) is 48.5 Å². The molecule has 2 aromatic heterocycles. The molecule has 2 heterocycles. The zero-order valence-corrected chi connectivity index (χ0v) is 28.5. The summed E-state index contributed by atoms with van der Waals surface area (Å²) in [7, 11) is 0. The highest BCUT2D eigenvalue weighted by molar-refractivity contribution is 6.32. The van der Waals surface area contributed by atoms with E-state index in [1.54, 1.807) is 0 Å². The van der Waals surface area contributed by atoms with Gasteiger partial charge < -0.3 is 4.42 Å². The highest BCUT2D eigenvalue weighted by Gasteiger charge is 2.20. The lowest BCUT2D eigenvalue weighted by molar-refractivity contribution is 0.669. The minimum atomic E-state index is 0.519. The van der Waals surface area contributed by atoms with Gasteiger partial charge in [0.1, 0.15) is 11.2 Å². The largest absolute Gasteiger partial charge is 0.456 e. The standard InChI is InChI=1S/C47H28ClN3O/c48-35-27-41(44-39-18-8-9-20-42(39)52-43(44)28-35)47-50-45(33-22-21-29-11-4-5-15-32(29)25-33)49-46(51-47)34-23-24-37(30-12-2-1-3-13-30)40(26-34)38-19-10-16-31-14-6-7-17-36(31)38/h1-28H. The SMILES string of the molecule is Clc1cc(-c2nc(-c3ccc(-c4ccccc4)c(-c4cccc5ccccc45)c3)nc(-c3ccc4ccccc4c3)n2)c2c(c1)oc1ccccc12. The van der Waals surface area contributed by atoms with Crippen LogP contribution in [0.15, 0.2) is 174 Å². The number of furan rings is 1. The van der Waals surface area contributed by atoms with Gasteiger partial charge in [-0.2, -0.15) is 0 Å². The van der Waals surface area contributed by atoms with Gasteiger partial charge in [-0.3, -0.25) is 0 Å². The van der Waals surface area contributed by atoms with Gasteiger partial charge in [0.25, 0.3) is 0 Å². The Kier molecular flexibility index (Phi) is 7.15. The molecule has 0 radical (unpaired) electrons. The number of rotatable bonds is 5. The summed E-state index contributed by atoms with van der Waals surface area (Å²) < 4.78 is 6.27. The second-order valence-electron chi connectivity index (χ2n) is 12.9. The van der Waals surface area contributed by atoms with E-state index in [0.717, 1.165) is 66.1 Å². The van der Waals surface area contributed by atoms with Gasteiger partial charge in [0, 0.05) is 38.6 Å². The van der Waals surface area contributed by atoms with Crippen LogP contribution in [0.3, 0.4) is 0 Å². The fourth-order valence-corrected chi connectivity index (χ4v) is 7.52. The predicted molar refractivity (Wildman–Crippen MR) is 214 cm³/mol. The summed E-state index contributed by atoms with van der Waals surface area (Å²) in [5.41, 5.74) is 8.53. The zero-order valence-electron chi connectivity index (χ0n) is 27.8. The summed E-state index contributed by atoms with van der Waals surface area (Å²) in [4.78, 5) is 15.5. The molecule has 4 nitrogen and oxygen atoms in total. The molecule has 0 saturated heterocycles. The normalized spacial score (nSPS) is 11.6. The number of fused-ring (bicyclic) bond motifs is 5. The minimum Gasteiger partial charge on any atom is -0.456 e. The Balaban J connectivity index is 1.25. The summed E-state index contributed by atoms with van der Waals surface area (Å²) in [6, 6.07) is 58.4. The third kappa shape index (κ3) is 5.20. The van der Waals surface area contributed by atoms with E-state index in [-0.39, 0.29) is 0 Å². The predicted octanol–water partition coefficient (Wildman–Crippen LogP) is 13.1. The molecule has 0 N–H and O–H groups in total. The van der Waals surface area contributed by atoms with Crippen molar-refractivity contribution in [2.45, 2.75) is 0 Å². The molecular formula is C47H28ClN3O. The maximum Gasteiger partial charge on any atom is 0.164 e. The highest BCUT2D eigenvalue weighted by atomic mass is 35.5. The average molecular weight is 686 g/mol. The first kappa shape index (κ1) is 30.2. The van der Waals surface area contributed by atoms with Gasteiger partial charge >= 0.3 is 0 Å². The quantitative estimate of drug-likeness (QED) is 0.181. The molecule has 0 unspecified atom stereocenters. The zero-order chi connectivity index (χ0) is 34.6. The lowest BCUT2D eigenvalue weighted by Gasteiger charge is -2.15. The van der Waals surface area contributed by atoms with Crippen molar-refractivity contribution in [1.29, 1.82) is 0 Å². The van der Waals surface area contributed by atoms with Crippen LogP contribution in [-0.2, 0) is 0 Å². The maximum absolute atomic E-state index is 6.76. The van der Waals surface area contributed by atoms with Crippen molar-refractivity contribution in [2.75, 3.05) is 0 Å². The Morgan fingerprint density at radius 2 is 1.02 bits per heavy atom. The van der Waals surface area contributed by atoms with Crippen molar-refractivity contribution < 1.29 is 4.42 Å². The third-order valence-corrected chi connectivity index (χ3v) is 9.99.